The Morgan fingerprint density at radius 3 is 2.87 bits per heavy atom. The number of carbonyl (C=O) groups is 1. The molecule has 1 fully saturated rings. The van der Waals surface area contributed by atoms with Crippen molar-refractivity contribution in [3.63, 3.8) is 0 Å². The second kappa shape index (κ2) is 5.70. The monoisotopic (exact) mass is 205 g/mol. The van der Waals surface area contributed by atoms with Gasteiger partial charge >= 0.3 is 0 Å². The second-order valence-electron chi connectivity index (χ2n) is 4.29. The minimum Gasteiger partial charge on any atom is -0.298 e. The van der Waals surface area contributed by atoms with Gasteiger partial charge in [0, 0.05) is 6.42 Å². The fourth-order valence-corrected chi connectivity index (χ4v) is 2.03. The Morgan fingerprint density at radius 2 is 2.33 bits per heavy atom. The molecule has 1 unspecified atom stereocenters. The maximum Gasteiger partial charge on any atom is 0.153 e. The molecule has 1 rings (SSSR count). The van der Waals surface area contributed by atoms with Crippen molar-refractivity contribution in [2.45, 2.75) is 51.9 Å². The van der Waals surface area contributed by atoms with Crippen molar-refractivity contribution >= 4 is 5.78 Å². The average Bonchev–Trinajstić information content (AvgIpc) is 2.61. The van der Waals surface area contributed by atoms with Gasteiger partial charge in [-0.15, -0.1) is 0 Å². The molecule has 1 saturated carbocycles. The fourth-order valence-electron chi connectivity index (χ4n) is 2.03. The first kappa shape index (κ1) is 12.0. The third-order valence-electron chi connectivity index (χ3n) is 3.11. The van der Waals surface area contributed by atoms with E-state index in [0.717, 1.165) is 19.3 Å². The second-order valence-corrected chi connectivity index (χ2v) is 4.29. The fraction of sp³-hybridized carbons (Fsp3) is 0.692. The van der Waals surface area contributed by atoms with E-state index in [1.807, 2.05) is 6.08 Å². The number of rotatable bonds is 5. The minimum atomic E-state index is -0.678. The van der Waals surface area contributed by atoms with Crippen molar-refractivity contribution in [3.8, 4) is 6.07 Å². The summed E-state index contributed by atoms with van der Waals surface area (Å²) in [6.07, 6.45) is 10.4. The van der Waals surface area contributed by atoms with Gasteiger partial charge in [-0.05, 0) is 25.7 Å². The quantitative estimate of drug-likeness (QED) is 0.510. The Balaban J connectivity index is 2.45. The number of allylic oxidation sites excluding steroid dienone is 2. The molecule has 82 valence electrons. The lowest BCUT2D eigenvalue weighted by atomic mass is 9.83. The van der Waals surface area contributed by atoms with Crippen LogP contribution in [0.3, 0.4) is 0 Å². The van der Waals surface area contributed by atoms with Crippen molar-refractivity contribution in [3.05, 3.63) is 12.2 Å². The third-order valence-corrected chi connectivity index (χ3v) is 3.11. The highest BCUT2D eigenvalue weighted by Crippen LogP contribution is 2.37. The van der Waals surface area contributed by atoms with Crippen LogP contribution in [-0.2, 0) is 4.79 Å². The standard InChI is InChI=1S/C13H19NO/c1-2-3-4-5-6-9-13(11-14)10-7-8-12(13)15/h5-6H,2-4,7-10H2,1H3/b6-5+. The molecule has 0 aromatic carbocycles. The van der Waals surface area contributed by atoms with Crippen molar-refractivity contribution in [1.82, 2.24) is 0 Å². The molecular formula is C13H19NO. The van der Waals surface area contributed by atoms with E-state index in [1.165, 1.54) is 12.8 Å². The molecule has 0 aromatic heterocycles. The van der Waals surface area contributed by atoms with Gasteiger partial charge in [0.2, 0.25) is 0 Å². The van der Waals surface area contributed by atoms with Crippen molar-refractivity contribution in [1.29, 1.82) is 5.26 Å². The highest BCUT2D eigenvalue weighted by Gasteiger charge is 2.40. The summed E-state index contributed by atoms with van der Waals surface area (Å²) < 4.78 is 0. The van der Waals surface area contributed by atoms with Gasteiger partial charge in [-0.1, -0.05) is 31.9 Å². The van der Waals surface area contributed by atoms with Gasteiger partial charge < -0.3 is 0 Å². The number of Topliss-reactive ketones (excluding diaryl/α,β-unsaturated/α-hetero) is 1. The van der Waals surface area contributed by atoms with Gasteiger partial charge in [-0.25, -0.2) is 0 Å². The van der Waals surface area contributed by atoms with Crippen LogP contribution in [0.4, 0.5) is 0 Å². The van der Waals surface area contributed by atoms with Gasteiger partial charge in [0.1, 0.15) is 5.41 Å². The molecule has 2 nitrogen and oxygen atoms in total. The maximum absolute atomic E-state index is 11.6. The van der Waals surface area contributed by atoms with Crippen LogP contribution < -0.4 is 0 Å². The van der Waals surface area contributed by atoms with Crippen LogP contribution in [0.2, 0.25) is 0 Å². The van der Waals surface area contributed by atoms with Gasteiger partial charge in [0.05, 0.1) is 6.07 Å². The molecule has 1 aliphatic carbocycles. The summed E-state index contributed by atoms with van der Waals surface area (Å²) in [6, 6.07) is 2.22. The molecule has 0 radical (unpaired) electrons. The molecule has 0 aliphatic heterocycles. The maximum atomic E-state index is 11.6. The highest BCUT2D eigenvalue weighted by atomic mass is 16.1. The zero-order valence-corrected chi connectivity index (χ0v) is 9.46. The summed E-state index contributed by atoms with van der Waals surface area (Å²) in [5.41, 5.74) is -0.678. The molecular weight excluding hydrogens is 186 g/mol. The summed E-state index contributed by atoms with van der Waals surface area (Å²) in [7, 11) is 0. The highest BCUT2D eigenvalue weighted by molar-refractivity contribution is 5.89. The summed E-state index contributed by atoms with van der Waals surface area (Å²) in [5.74, 6) is 0.144. The largest absolute Gasteiger partial charge is 0.298 e. The van der Waals surface area contributed by atoms with E-state index in [9.17, 15) is 4.79 Å². The van der Waals surface area contributed by atoms with Crippen molar-refractivity contribution in [2.24, 2.45) is 5.41 Å². The molecule has 1 atom stereocenters. The lowest BCUT2D eigenvalue weighted by Crippen LogP contribution is -2.22. The Hall–Kier alpha value is -1.10. The first-order valence-electron chi connectivity index (χ1n) is 5.85. The Labute approximate surface area is 92.0 Å². The van der Waals surface area contributed by atoms with Gasteiger partial charge in [-0.3, -0.25) is 4.79 Å². The smallest absolute Gasteiger partial charge is 0.153 e. The van der Waals surface area contributed by atoms with Crippen LogP contribution in [0.1, 0.15) is 51.9 Å². The molecule has 0 bridgehead atoms. The number of ketones is 1. The van der Waals surface area contributed by atoms with Crippen LogP contribution in [0, 0.1) is 16.7 Å². The van der Waals surface area contributed by atoms with Crippen LogP contribution in [-0.4, -0.2) is 5.78 Å². The Kier molecular flexibility index (Phi) is 4.55. The van der Waals surface area contributed by atoms with E-state index in [-0.39, 0.29) is 5.78 Å². The van der Waals surface area contributed by atoms with Gasteiger partial charge in [0.25, 0.3) is 0 Å². The van der Waals surface area contributed by atoms with Crippen LogP contribution in [0.5, 0.6) is 0 Å². The van der Waals surface area contributed by atoms with E-state index in [0.29, 0.717) is 12.8 Å². The summed E-state index contributed by atoms with van der Waals surface area (Å²) in [6.45, 7) is 2.16. The lowest BCUT2D eigenvalue weighted by Gasteiger charge is -2.15. The summed E-state index contributed by atoms with van der Waals surface area (Å²) in [4.78, 5) is 11.6. The van der Waals surface area contributed by atoms with Crippen LogP contribution in [0.25, 0.3) is 0 Å². The van der Waals surface area contributed by atoms with Crippen molar-refractivity contribution < 1.29 is 4.79 Å². The normalized spacial score (nSPS) is 26.0. The van der Waals surface area contributed by atoms with E-state index in [2.05, 4.69) is 19.1 Å². The van der Waals surface area contributed by atoms with Gasteiger partial charge in [-0.2, -0.15) is 5.26 Å². The van der Waals surface area contributed by atoms with Crippen molar-refractivity contribution in [2.75, 3.05) is 0 Å². The summed E-state index contributed by atoms with van der Waals surface area (Å²) >= 11 is 0. The third kappa shape index (κ3) is 2.92. The lowest BCUT2D eigenvalue weighted by molar-refractivity contribution is -0.123. The topological polar surface area (TPSA) is 40.9 Å². The number of hydrogen-bond donors (Lipinski definition) is 0. The predicted octanol–water partition coefficient (Wildman–Crippen LogP) is 3.39. The zero-order valence-electron chi connectivity index (χ0n) is 9.46. The SMILES string of the molecule is CCCC/C=C/CC1(C#N)CCCC1=O. The molecule has 0 N–H and O–H groups in total. The van der Waals surface area contributed by atoms with E-state index >= 15 is 0 Å². The number of hydrogen-bond acceptors (Lipinski definition) is 2. The molecule has 15 heavy (non-hydrogen) atoms. The molecule has 0 heterocycles. The van der Waals surface area contributed by atoms with E-state index < -0.39 is 5.41 Å². The van der Waals surface area contributed by atoms with E-state index in [4.69, 9.17) is 5.26 Å². The molecule has 0 aromatic rings. The Bertz CT molecular complexity index is 287. The molecule has 1 aliphatic rings. The molecule has 0 spiro atoms. The van der Waals surface area contributed by atoms with Crippen LogP contribution >= 0.6 is 0 Å². The van der Waals surface area contributed by atoms with E-state index in [1.54, 1.807) is 0 Å². The number of carbonyl (C=O) groups excluding carboxylic acids is 1. The number of nitriles is 1. The number of nitrogens with zero attached hydrogens (tertiary/aromatic N) is 1. The molecule has 2 heteroatoms. The predicted molar refractivity (Wildman–Crippen MR) is 60.2 cm³/mol. The average molecular weight is 205 g/mol. The first-order chi connectivity index (χ1) is 7.25. The molecule has 0 saturated heterocycles. The first-order valence-corrected chi connectivity index (χ1v) is 5.85. The zero-order chi connectivity index (χ0) is 11.1. The van der Waals surface area contributed by atoms with Gasteiger partial charge in [0.15, 0.2) is 5.78 Å². The number of unbranched alkanes of at least 4 members (excludes halogenated alkanes) is 2. The minimum absolute atomic E-state index is 0.144. The molecule has 0 amide bonds. The Morgan fingerprint density at radius 1 is 1.53 bits per heavy atom. The van der Waals surface area contributed by atoms with Crippen LogP contribution in [0.15, 0.2) is 12.2 Å². The summed E-state index contributed by atoms with van der Waals surface area (Å²) in [5, 5.41) is 9.08.